The summed E-state index contributed by atoms with van der Waals surface area (Å²) < 4.78 is 22.4. The first-order chi connectivity index (χ1) is 8.74. The second kappa shape index (κ2) is 5.02. The van der Waals surface area contributed by atoms with Crippen LogP contribution in [0.15, 0.2) is 12.1 Å². The fraction of sp³-hybridized carbons (Fsp3) is 0.417. The molecule has 0 saturated heterocycles. The third kappa shape index (κ3) is 3.61. The van der Waals surface area contributed by atoms with Crippen LogP contribution in [0.1, 0.15) is 12.5 Å². The molecule has 1 aromatic carbocycles. The summed E-state index contributed by atoms with van der Waals surface area (Å²) in [5, 5.41) is 6.23. The van der Waals surface area contributed by atoms with Gasteiger partial charge in [0.25, 0.3) is 0 Å². The smallest absolute Gasteiger partial charge is 0.228 e. The van der Waals surface area contributed by atoms with Gasteiger partial charge < -0.3 is 10.6 Å². The van der Waals surface area contributed by atoms with Gasteiger partial charge in [-0.3, -0.25) is 4.79 Å². The number of anilines is 2. The third-order valence-corrected chi connectivity index (χ3v) is 4.19. The zero-order chi connectivity index (χ0) is 14.2. The predicted molar refractivity (Wildman–Crippen MR) is 76.6 cm³/mol. The summed E-state index contributed by atoms with van der Waals surface area (Å²) in [5.74, 6) is -0.0372. The van der Waals surface area contributed by atoms with Crippen LogP contribution >= 0.6 is 11.6 Å². The number of rotatable bonds is 4. The molecule has 0 saturated carbocycles. The molecule has 0 bridgehead atoms. The van der Waals surface area contributed by atoms with Gasteiger partial charge in [0, 0.05) is 18.0 Å². The van der Waals surface area contributed by atoms with Gasteiger partial charge in [0.15, 0.2) is 0 Å². The minimum Gasteiger partial charge on any atom is -0.380 e. The average Bonchev–Trinajstić information content (AvgIpc) is 2.55. The lowest BCUT2D eigenvalue weighted by Gasteiger charge is -2.16. The van der Waals surface area contributed by atoms with Crippen molar-refractivity contribution in [3.05, 3.63) is 22.7 Å². The number of nitrogens with one attached hydrogen (secondary N) is 2. The van der Waals surface area contributed by atoms with Crippen molar-refractivity contribution in [3.63, 3.8) is 0 Å². The number of sulfone groups is 1. The van der Waals surface area contributed by atoms with Crippen LogP contribution in [0, 0.1) is 0 Å². The predicted octanol–water partition coefficient (Wildman–Crippen LogP) is 1.68. The monoisotopic (exact) mass is 302 g/mol. The molecule has 1 heterocycles. The SMILES string of the molecule is CC(CS(C)(=O)=O)Nc1cc2c(cc1Cl)NC(=O)C2. The highest BCUT2D eigenvalue weighted by atomic mass is 35.5. The number of hydrogen-bond acceptors (Lipinski definition) is 4. The van der Waals surface area contributed by atoms with Crippen LogP contribution in [0.25, 0.3) is 0 Å². The van der Waals surface area contributed by atoms with Crippen molar-refractivity contribution in [1.29, 1.82) is 0 Å². The van der Waals surface area contributed by atoms with E-state index < -0.39 is 9.84 Å². The summed E-state index contributed by atoms with van der Waals surface area (Å²) in [7, 11) is -3.05. The quantitative estimate of drug-likeness (QED) is 0.887. The van der Waals surface area contributed by atoms with Gasteiger partial charge in [0.1, 0.15) is 9.84 Å². The van der Waals surface area contributed by atoms with Crippen LogP contribution in [0.2, 0.25) is 5.02 Å². The molecule has 5 nitrogen and oxygen atoms in total. The summed E-state index contributed by atoms with van der Waals surface area (Å²) in [4.78, 5) is 11.3. The Morgan fingerprint density at radius 1 is 1.47 bits per heavy atom. The number of benzene rings is 1. The van der Waals surface area contributed by atoms with E-state index in [9.17, 15) is 13.2 Å². The van der Waals surface area contributed by atoms with E-state index in [4.69, 9.17) is 11.6 Å². The molecule has 104 valence electrons. The van der Waals surface area contributed by atoms with Crippen LogP contribution < -0.4 is 10.6 Å². The third-order valence-electron chi connectivity index (χ3n) is 2.77. The minimum absolute atomic E-state index is 0.0254. The highest BCUT2D eigenvalue weighted by Crippen LogP contribution is 2.33. The molecule has 2 N–H and O–H groups in total. The van der Waals surface area contributed by atoms with Crippen molar-refractivity contribution in [3.8, 4) is 0 Å². The Morgan fingerprint density at radius 3 is 2.79 bits per heavy atom. The molecule has 19 heavy (non-hydrogen) atoms. The molecule has 1 amide bonds. The Balaban J connectivity index is 2.18. The van der Waals surface area contributed by atoms with E-state index in [2.05, 4.69) is 10.6 Å². The van der Waals surface area contributed by atoms with Crippen LogP contribution in [0.5, 0.6) is 0 Å². The zero-order valence-electron chi connectivity index (χ0n) is 10.7. The van der Waals surface area contributed by atoms with Gasteiger partial charge in [-0.25, -0.2) is 8.42 Å². The molecule has 1 aliphatic rings. The molecule has 0 aromatic heterocycles. The van der Waals surface area contributed by atoms with Gasteiger partial charge >= 0.3 is 0 Å². The average molecular weight is 303 g/mol. The molecular weight excluding hydrogens is 288 g/mol. The lowest BCUT2D eigenvalue weighted by molar-refractivity contribution is -0.115. The molecule has 2 rings (SSSR count). The van der Waals surface area contributed by atoms with Gasteiger partial charge in [0.2, 0.25) is 5.91 Å². The number of halogens is 1. The van der Waals surface area contributed by atoms with Gasteiger partial charge in [-0.15, -0.1) is 0 Å². The van der Waals surface area contributed by atoms with Crippen molar-refractivity contribution < 1.29 is 13.2 Å². The summed E-state index contributed by atoms with van der Waals surface area (Å²) in [6.07, 6.45) is 1.51. The Hall–Kier alpha value is -1.27. The molecule has 1 aliphatic heterocycles. The topological polar surface area (TPSA) is 75.3 Å². The number of fused-ring (bicyclic) bond motifs is 1. The van der Waals surface area contributed by atoms with Crippen LogP contribution in [-0.2, 0) is 21.1 Å². The number of carbonyl (C=O) groups excluding carboxylic acids is 1. The normalized spacial score (nSPS) is 15.8. The lowest BCUT2D eigenvalue weighted by atomic mass is 10.1. The summed E-state index contributed by atoms with van der Waals surface area (Å²) in [6.45, 7) is 1.77. The molecular formula is C12H15ClN2O3S. The first-order valence-electron chi connectivity index (χ1n) is 5.81. The molecule has 0 spiro atoms. The second-order valence-corrected chi connectivity index (χ2v) is 7.44. The van der Waals surface area contributed by atoms with Gasteiger partial charge in [-0.05, 0) is 24.6 Å². The largest absolute Gasteiger partial charge is 0.380 e. The maximum Gasteiger partial charge on any atom is 0.228 e. The number of hydrogen-bond donors (Lipinski definition) is 2. The summed E-state index contributed by atoms with van der Waals surface area (Å²) in [5.41, 5.74) is 2.23. The highest BCUT2D eigenvalue weighted by Gasteiger charge is 2.20. The van der Waals surface area contributed by atoms with E-state index in [1.54, 1.807) is 19.1 Å². The van der Waals surface area contributed by atoms with E-state index in [1.807, 2.05) is 0 Å². The van der Waals surface area contributed by atoms with Crippen LogP contribution in [0.4, 0.5) is 11.4 Å². The molecule has 0 radical (unpaired) electrons. The summed E-state index contributed by atoms with van der Waals surface area (Å²) >= 11 is 6.11. The molecule has 7 heteroatoms. The lowest BCUT2D eigenvalue weighted by Crippen LogP contribution is -2.25. The molecule has 1 atom stereocenters. The van der Waals surface area contributed by atoms with Crippen LogP contribution in [-0.4, -0.2) is 32.4 Å². The van der Waals surface area contributed by atoms with E-state index >= 15 is 0 Å². The zero-order valence-corrected chi connectivity index (χ0v) is 12.2. The van der Waals surface area contributed by atoms with Crippen molar-refractivity contribution in [2.45, 2.75) is 19.4 Å². The molecule has 0 aliphatic carbocycles. The van der Waals surface area contributed by atoms with Crippen molar-refractivity contribution in [2.75, 3.05) is 22.6 Å². The van der Waals surface area contributed by atoms with Crippen LogP contribution in [0.3, 0.4) is 0 Å². The molecule has 0 fully saturated rings. The second-order valence-electron chi connectivity index (χ2n) is 4.85. The number of carbonyl (C=O) groups is 1. The fourth-order valence-electron chi connectivity index (χ4n) is 2.12. The summed E-state index contributed by atoms with van der Waals surface area (Å²) in [6, 6.07) is 3.21. The van der Waals surface area contributed by atoms with Gasteiger partial charge in [-0.2, -0.15) is 0 Å². The molecule has 1 unspecified atom stereocenters. The van der Waals surface area contributed by atoms with E-state index in [1.165, 1.54) is 6.26 Å². The number of amides is 1. The Bertz CT molecular complexity index is 628. The maximum absolute atomic E-state index is 11.3. The Kier molecular flexibility index (Phi) is 3.73. The van der Waals surface area contributed by atoms with E-state index in [-0.39, 0.29) is 17.7 Å². The minimum atomic E-state index is -3.05. The Labute approximate surface area is 117 Å². The standard InChI is InChI=1S/C12H15ClN2O3S/c1-7(6-19(2,17)18)14-11-3-8-4-12(16)15-10(8)5-9(11)13/h3,5,7,14H,4,6H2,1-2H3,(H,15,16). The van der Waals surface area contributed by atoms with Crippen molar-refractivity contribution >= 4 is 38.7 Å². The van der Waals surface area contributed by atoms with Gasteiger partial charge in [-0.1, -0.05) is 11.6 Å². The van der Waals surface area contributed by atoms with Crippen molar-refractivity contribution in [1.82, 2.24) is 0 Å². The highest BCUT2D eigenvalue weighted by molar-refractivity contribution is 7.90. The molecule has 1 aromatic rings. The fourth-order valence-corrected chi connectivity index (χ4v) is 3.33. The maximum atomic E-state index is 11.3. The van der Waals surface area contributed by atoms with Gasteiger partial charge in [0.05, 0.1) is 22.9 Å². The van der Waals surface area contributed by atoms with Crippen molar-refractivity contribution in [2.24, 2.45) is 0 Å². The first kappa shape index (κ1) is 14.1. The Morgan fingerprint density at radius 2 is 2.16 bits per heavy atom. The van der Waals surface area contributed by atoms with E-state index in [0.717, 1.165) is 11.3 Å². The van der Waals surface area contributed by atoms with E-state index in [0.29, 0.717) is 17.1 Å². The first-order valence-corrected chi connectivity index (χ1v) is 8.25.